The van der Waals surface area contributed by atoms with Gasteiger partial charge in [0.15, 0.2) is 5.78 Å². The van der Waals surface area contributed by atoms with Crippen molar-refractivity contribution in [3.63, 3.8) is 0 Å². The molecule has 0 unspecified atom stereocenters. The Balaban J connectivity index is 1.41. The van der Waals surface area contributed by atoms with E-state index < -0.39 is 0 Å². The van der Waals surface area contributed by atoms with Crippen LogP contribution in [0.4, 0.5) is 0 Å². The number of hydrogen-bond acceptors (Lipinski definition) is 5. The highest BCUT2D eigenvalue weighted by molar-refractivity contribution is 7.99. The maximum absolute atomic E-state index is 12.5. The predicted molar refractivity (Wildman–Crippen MR) is 103 cm³/mol. The molecule has 1 aromatic heterocycles. The second-order valence-electron chi connectivity index (χ2n) is 6.64. The quantitative estimate of drug-likeness (QED) is 0.476. The zero-order chi connectivity index (χ0) is 17.9. The van der Waals surface area contributed by atoms with E-state index in [1.807, 2.05) is 37.3 Å². The zero-order valence-corrected chi connectivity index (χ0v) is 15.5. The lowest BCUT2D eigenvalue weighted by molar-refractivity contribution is 0.102. The molecule has 26 heavy (non-hydrogen) atoms. The Morgan fingerprint density at radius 2 is 1.81 bits per heavy atom. The van der Waals surface area contributed by atoms with Gasteiger partial charge in [-0.05, 0) is 61.9 Å². The highest BCUT2D eigenvalue weighted by atomic mass is 32.2. The summed E-state index contributed by atoms with van der Waals surface area (Å²) < 4.78 is 5.67. The van der Waals surface area contributed by atoms with Gasteiger partial charge in [-0.2, -0.15) is 0 Å². The molecule has 0 saturated carbocycles. The fourth-order valence-electron chi connectivity index (χ4n) is 3.20. The van der Waals surface area contributed by atoms with Crippen molar-refractivity contribution in [2.45, 2.75) is 37.8 Å². The number of carbonyl (C=O) groups is 1. The Hall–Kier alpha value is -2.40. The molecular formula is C21H20N2O2S. The number of thioether (sulfide) groups is 1. The first-order chi connectivity index (χ1) is 12.7. The largest absolute Gasteiger partial charge is 0.411 e. The molecule has 0 aliphatic heterocycles. The average Bonchev–Trinajstić information content (AvgIpc) is 3.15. The van der Waals surface area contributed by atoms with Gasteiger partial charge in [0.25, 0.3) is 5.22 Å². The van der Waals surface area contributed by atoms with Crippen LogP contribution in [-0.4, -0.2) is 21.7 Å². The maximum atomic E-state index is 12.5. The van der Waals surface area contributed by atoms with Gasteiger partial charge in [0.05, 0.1) is 5.75 Å². The molecule has 132 valence electrons. The number of rotatable bonds is 5. The molecule has 1 aliphatic carbocycles. The molecule has 0 bridgehead atoms. The van der Waals surface area contributed by atoms with E-state index in [1.165, 1.54) is 41.3 Å². The number of ketones is 1. The molecule has 0 amide bonds. The molecule has 4 nitrogen and oxygen atoms in total. The molecule has 0 N–H and O–H groups in total. The molecule has 3 aromatic rings. The van der Waals surface area contributed by atoms with E-state index >= 15 is 0 Å². The molecule has 1 aliphatic rings. The lowest BCUT2D eigenvalue weighted by Gasteiger charge is -2.16. The van der Waals surface area contributed by atoms with Gasteiger partial charge < -0.3 is 4.42 Å². The van der Waals surface area contributed by atoms with E-state index in [-0.39, 0.29) is 5.78 Å². The monoisotopic (exact) mass is 364 g/mol. The van der Waals surface area contributed by atoms with Gasteiger partial charge in [-0.1, -0.05) is 41.6 Å². The Morgan fingerprint density at radius 3 is 2.62 bits per heavy atom. The maximum Gasteiger partial charge on any atom is 0.277 e. The first-order valence-corrected chi connectivity index (χ1v) is 9.86. The van der Waals surface area contributed by atoms with Crippen molar-refractivity contribution < 1.29 is 9.21 Å². The summed E-state index contributed by atoms with van der Waals surface area (Å²) in [6.07, 6.45) is 4.66. The van der Waals surface area contributed by atoms with Gasteiger partial charge in [0, 0.05) is 11.1 Å². The van der Waals surface area contributed by atoms with Crippen molar-refractivity contribution in [2.24, 2.45) is 0 Å². The normalized spacial score (nSPS) is 13.4. The third-order valence-electron chi connectivity index (χ3n) is 4.70. The Kier molecular flexibility index (Phi) is 4.89. The van der Waals surface area contributed by atoms with E-state index in [9.17, 15) is 4.79 Å². The molecule has 4 rings (SSSR count). The van der Waals surface area contributed by atoms with Crippen molar-refractivity contribution in [1.29, 1.82) is 0 Å². The highest BCUT2D eigenvalue weighted by Gasteiger charge is 2.15. The molecule has 5 heteroatoms. The van der Waals surface area contributed by atoms with Crippen LogP contribution in [0.3, 0.4) is 0 Å². The van der Waals surface area contributed by atoms with Crippen LogP contribution in [0, 0.1) is 6.92 Å². The van der Waals surface area contributed by atoms with Gasteiger partial charge in [-0.25, -0.2) is 0 Å². The number of Topliss-reactive ketones (excluding diaryl/α,β-unsaturated/α-hetero) is 1. The fourth-order valence-corrected chi connectivity index (χ4v) is 3.86. The second kappa shape index (κ2) is 7.46. The molecule has 0 fully saturated rings. The summed E-state index contributed by atoms with van der Waals surface area (Å²) in [6, 6.07) is 14.0. The molecule has 0 radical (unpaired) electrons. The molecule has 0 spiro atoms. The number of carbonyl (C=O) groups excluding carboxylic acids is 1. The summed E-state index contributed by atoms with van der Waals surface area (Å²) in [5.74, 6) is 0.876. The first kappa shape index (κ1) is 17.0. The lowest BCUT2D eigenvalue weighted by atomic mass is 9.90. The highest BCUT2D eigenvalue weighted by Crippen LogP contribution is 2.26. The van der Waals surface area contributed by atoms with Crippen molar-refractivity contribution in [2.75, 3.05) is 5.75 Å². The van der Waals surface area contributed by atoms with Crippen molar-refractivity contribution in [3.05, 3.63) is 64.7 Å². The van der Waals surface area contributed by atoms with Crippen LogP contribution in [-0.2, 0) is 12.8 Å². The number of hydrogen-bond donors (Lipinski definition) is 0. The number of fused-ring (bicyclic) bond motifs is 1. The molecule has 1 heterocycles. The van der Waals surface area contributed by atoms with Crippen LogP contribution in [0.2, 0.25) is 0 Å². The minimum atomic E-state index is 0.0958. The predicted octanol–water partition coefficient (Wildman–Crippen LogP) is 4.90. The van der Waals surface area contributed by atoms with Gasteiger partial charge in [0.1, 0.15) is 0 Å². The Bertz CT molecular complexity index is 931. The first-order valence-electron chi connectivity index (χ1n) is 8.87. The average molecular weight is 364 g/mol. The van der Waals surface area contributed by atoms with Gasteiger partial charge in [0.2, 0.25) is 5.89 Å². The number of aryl methyl sites for hydroxylation is 3. The summed E-state index contributed by atoms with van der Waals surface area (Å²) in [5.41, 5.74) is 5.55. The standard InChI is InChI=1S/C21H20N2O2S/c1-14-6-8-16(9-7-14)20-22-23-21(25-20)26-13-19(24)18-11-10-15-4-2-3-5-17(15)12-18/h6-12H,2-5,13H2,1H3. The van der Waals surface area contributed by atoms with Crippen molar-refractivity contribution in [3.8, 4) is 11.5 Å². The molecule has 0 atom stereocenters. The topological polar surface area (TPSA) is 56.0 Å². The minimum Gasteiger partial charge on any atom is -0.411 e. The summed E-state index contributed by atoms with van der Waals surface area (Å²) in [6.45, 7) is 2.03. The van der Waals surface area contributed by atoms with E-state index in [2.05, 4.69) is 22.3 Å². The summed E-state index contributed by atoms with van der Waals surface area (Å²) in [5, 5.41) is 8.54. The lowest BCUT2D eigenvalue weighted by Crippen LogP contribution is -2.07. The van der Waals surface area contributed by atoms with Crippen molar-refractivity contribution in [1.82, 2.24) is 10.2 Å². The third-order valence-corrected chi connectivity index (χ3v) is 5.52. The van der Waals surface area contributed by atoms with Crippen LogP contribution < -0.4 is 0 Å². The van der Waals surface area contributed by atoms with E-state index in [0.29, 0.717) is 16.9 Å². The number of aromatic nitrogens is 2. The smallest absolute Gasteiger partial charge is 0.277 e. The van der Waals surface area contributed by atoms with Gasteiger partial charge in [-0.3, -0.25) is 4.79 Å². The Morgan fingerprint density at radius 1 is 1.04 bits per heavy atom. The minimum absolute atomic E-state index is 0.0958. The van der Waals surface area contributed by atoms with Crippen LogP contribution in [0.1, 0.15) is 39.9 Å². The van der Waals surface area contributed by atoms with E-state index in [0.717, 1.165) is 24.0 Å². The molecule has 0 saturated heterocycles. The SMILES string of the molecule is Cc1ccc(-c2nnc(SCC(=O)c3ccc4c(c3)CCCC4)o2)cc1. The summed E-state index contributed by atoms with van der Waals surface area (Å²) in [7, 11) is 0. The van der Waals surface area contributed by atoms with Gasteiger partial charge >= 0.3 is 0 Å². The van der Waals surface area contributed by atoms with Crippen LogP contribution in [0.5, 0.6) is 0 Å². The Labute approximate surface area is 157 Å². The number of nitrogens with zero attached hydrogens (tertiary/aromatic N) is 2. The van der Waals surface area contributed by atoms with Gasteiger partial charge in [-0.15, -0.1) is 10.2 Å². The summed E-state index contributed by atoms with van der Waals surface area (Å²) in [4.78, 5) is 12.5. The molecular weight excluding hydrogens is 344 g/mol. The fraction of sp³-hybridized carbons (Fsp3) is 0.286. The van der Waals surface area contributed by atoms with Crippen LogP contribution in [0.15, 0.2) is 52.1 Å². The number of benzene rings is 2. The third kappa shape index (κ3) is 3.73. The molecule has 2 aromatic carbocycles. The second-order valence-corrected chi connectivity index (χ2v) is 7.57. The van der Waals surface area contributed by atoms with E-state index in [4.69, 9.17) is 4.42 Å². The van der Waals surface area contributed by atoms with E-state index in [1.54, 1.807) is 0 Å². The van der Waals surface area contributed by atoms with Crippen LogP contribution >= 0.6 is 11.8 Å². The van der Waals surface area contributed by atoms with Crippen LogP contribution in [0.25, 0.3) is 11.5 Å². The summed E-state index contributed by atoms with van der Waals surface area (Å²) >= 11 is 1.29. The van der Waals surface area contributed by atoms with Crippen molar-refractivity contribution >= 4 is 17.5 Å². The zero-order valence-electron chi connectivity index (χ0n) is 14.7.